The number of amides is 1. The number of carbonyl (C=O) groups is 1. The quantitative estimate of drug-likeness (QED) is 0.502. The molecule has 0 aliphatic heterocycles. The fourth-order valence-electron chi connectivity index (χ4n) is 3.08. The Labute approximate surface area is 167 Å². The number of fused-ring (bicyclic) bond motifs is 1. The summed E-state index contributed by atoms with van der Waals surface area (Å²) in [6.07, 6.45) is 0. The molecule has 0 bridgehead atoms. The summed E-state index contributed by atoms with van der Waals surface area (Å²) < 4.78 is 10.9. The topological polar surface area (TPSA) is 68.5 Å². The fraction of sp³-hybridized carbons (Fsp3) is 0.0833. The number of nitrogens with one attached hydrogen (secondary N) is 1. The van der Waals surface area contributed by atoms with Crippen LogP contribution in [0.3, 0.4) is 0 Å². The molecular weight excluding hydrogens is 366 g/mol. The van der Waals surface area contributed by atoms with Gasteiger partial charge < -0.3 is 14.5 Å². The van der Waals surface area contributed by atoms with Crippen molar-refractivity contribution < 1.29 is 13.9 Å². The van der Waals surface area contributed by atoms with E-state index < -0.39 is 5.63 Å². The van der Waals surface area contributed by atoms with Gasteiger partial charge in [-0.2, -0.15) is 0 Å². The minimum Gasteiger partial charge on any atom is -0.484 e. The number of anilines is 1. The minimum absolute atomic E-state index is 0.105. The van der Waals surface area contributed by atoms with E-state index in [0.717, 1.165) is 10.9 Å². The Kier molecular flexibility index (Phi) is 5.12. The van der Waals surface area contributed by atoms with Gasteiger partial charge in [0.05, 0.1) is 5.56 Å². The van der Waals surface area contributed by atoms with Crippen LogP contribution < -0.4 is 15.7 Å². The SMILES string of the molecule is Cc1cccc(OCC(=O)Nc2cccc(-c3cc4ccccc4oc3=O)c2)c1. The van der Waals surface area contributed by atoms with Crippen molar-refractivity contribution in [2.75, 3.05) is 11.9 Å². The number of hydrogen-bond donors (Lipinski definition) is 1. The normalized spacial score (nSPS) is 10.7. The summed E-state index contributed by atoms with van der Waals surface area (Å²) in [6, 6.07) is 23.7. The van der Waals surface area contributed by atoms with Crippen molar-refractivity contribution in [3.8, 4) is 16.9 Å². The second kappa shape index (κ2) is 8.02. The van der Waals surface area contributed by atoms with E-state index in [-0.39, 0.29) is 12.5 Å². The van der Waals surface area contributed by atoms with Crippen LogP contribution in [0.15, 0.2) is 88.1 Å². The molecule has 29 heavy (non-hydrogen) atoms. The Morgan fingerprint density at radius 1 is 0.966 bits per heavy atom. The molecule has 0 aliphatic carbocycles. The number of para-hydroxylation sites is 1. The van der Waals surface area contributed by atoms with E-state index in [4.69, 9.17) is 9.15 Å². The second-order valence-corrected chi connectivity index (χ2v) is 6.72. The molecule has 0 unspecified atom stereocenters. The molecule has 0 fully saturated rings. The van der Waals surface area contributed by atoms with Gasteiger partial charge in [-0.25, -0.2) is 4.79 Å². The highest BCUT2D eigenvalue weighted by Crippen LogP contribution is 2.23. The lowest BCUT2D eigenvalue weighted by atomic mass is 10.1. The molecule has 1 heterocycles. The van der Waals surface area contributed by atoms with Crippen LogP contribution in [0.1, 0.15) is 5.56 Å². The van der Waals surface area contributed by atoms with Crippen LogP contribution in [0.25, 0.3) is 22.1 Å². The molecule has 144 valence electrons. The molecule has 0 saturated carbocycles. The average molecular weight is 385 g/mol. The highest BCUT2D eigenvalue weighted by Gasteiger charge is 2.10. The van der Waals surface area contributed by atoms with Crippen LogP contribution in [0.5, 0.6) is 5.75 Å². The van der Waals surface area contributed by atoms with E-state index >= 15 is 0 Å². The van der Waals surface area contributed by atoms with Gasteiger partial charge in [0.25, 0.3) is 5.91 Å². The number of rotatable bonds is 5. The maximum absolute atomic E-state index is 12.4. The Morgan fingerprint density at radius 2 is 1.79 bits per heavy atom. The summed E-state index contributed by atoms with van der Waals surface area (Å²) in [7, 11) is 0. The van der Waals surface area contributed by atoms with Crippen molar-refractivity contribution in [3.63, 3.8) is 0 Å². The van der Waals surface area contributed by atoms with Gasteiger partial charge in [-0.15, -0.1) is 0 Å². The number of benzene rings is 3. The zero-order valence-corrected chi connectivity index (χ0v) is 15.8. The Bertz CT molecular complexity index is 1240. The van der Waals surface area contributed by atoms with Gasteiger partial charge in [-0.05, 0) is 54.4 Å². The molecule has 0 aliphatic rings. The van der Waals surface area contributed by atoms with E-state index in [1.54, 1.807) is 42.5 Å². The summed E-state index contributed by atoms with van der Waals surface area (Å²) in [5.74, 6) is 0.358. The Hall–Kier alpha value is -3.86. The van der Waals surface area contributed by atoms with Crippen molar-refractivity contribution in [3.05, 3.63) is 94.8 Å². The Balaban J connectivity index is 1.51. The maximum atomic E-state index is 12.4. The third kappa shape index (κ3) is 4.35. The van der Waals surface area contributed by atoms with Gasteiger partial charge in [0.2, 0.25) is 0 Å². The molecule has 4 aromatic rings. The number of ether oxygens (including phenoxy) is 1. The predicted molar refractivity (Wildman–Crippen MR) is 113 cm³/mol. The van der Waals surface area contributed by atoms with Crippen LogP contribution >= 0.6 is 0 Å². The molecule has 1 amide bonds. The smallest absolute Gasteiger partial charge is 0.344 e. The molecule has 1 aromatic heterocycles. The molecule has 0 spiro atoms. The van der Waals surface area contributed by atoms with E-state index in [9.17, 15) is 9.59 Å². The first-order valence-electron chi connectivity index (χ1n) is 9.21. The first-order valence-corrected chi connectivity index (χ1v) is 9.21. The lowest BCUT2D eigenvalue weighted by molar-refractivity contribution is -0.118. The predicted octanol–water partition coefficient (Wildman–Crippen LogP) is 4.79. The molecule has 5 heteroatoms. The van der Waals surface area contributed by atoms with Crippen LogP contribution in [0.2, 0.25) is 0 Å². The van der Waals surface area contributed by atoms with Crippen molar-refractivity contribution in [1.29, 1.82) is 0 Å². The van der Waals surface area contributed by atoms with Crippen LogP contribution in [0, 0.1) is 6.92 Å². The third-order valence-corrected chi connectivity index (χ3v) is 4.46. The van der Waals surface area contributed by atoms with Crippen molar-refractivity contribution in [2.24, 2.45) is 0 Å². The highest BCUT2D eigenvalue weighted by atomic mass is 16.5. The average Bonchev–Trinajstić information content (AvgIpc) is 2.72. The molecule has 0 saturated heterocycles. The number of hydrogen-bond acceptors (Lipinski definition) is 4. The summed E-state index contributed by atoms with van der Waals surface area (Å²) >= 11 is 0. The van der Waals surface area contributed by atoms with Crippen molar-refractivity contribution >= 4 is 22.6 Å². The largest absolute Gasteiger partial charge is 0.484 e. The lowest BCUT2D eigenvalue weighted by Gasteiger charge is -2.09. The van der Waals surface area contributed by atoms with E-state index in [2.05, 4.69) is 5.32 Å². The summed E-state index contributed by atoms with van der Waals surface area (Å²) in [5, 5.41) is 3.63. The van der Waals surface area contributed by atoms with Gasteiger partial charge in [-0.3, -0.25) is 4.79 Å². The van der Waals surface area contributed by atoms with Crippen LogP contribution in [-0.2, 0) is 4.79 Å². The molecule has 0 radical (unpaired) electrons. The Morgan fingerprint density at radius 3 is 2.66 bits per heavy atom. The molecule has 3 aromatic carbocycles. The van der Waals surface area contributed by atoms with E-state index in [0.29, 0.717) is 28.1 Å². The molecule has 1 N–H and O–H groups in total. The van der Waals surface area contributed by atoms with E-state index in [1.807, 2.05) is 43.3 Å². The summed E-state index contributed by atoms with van der Waals surface area (Å²) in [6.45, 7) is 1.85. The molecular formula is C24H19NO4. The van der Waals surface area contributed by atoms with Crippen molar-refractivity contribution in [2.45, 2.75) is 6.92 Å². The molecule has 0 atom stereocenters. The first-order chi connectivity index (χ1) is 14.1. The fourth-order valence-corrected chi connectivity index (χ4v) is 3.08. The summed E-state index contributed by atoms with van der Waals surface area (Å²) in [4.78, 5) is 24.6. The second-order valence-electron chi connectivity index (χ2n) is 6.72. The van der Waals surface area contributed by atoms with Gasteiger partial charge in [0, 0.05) is 11.1 Å². The van der Waals surface area contributed by atoms with Crippen molar-refractivity contribution in [1.82, 2.24) is 0 Å². The summed E-state index contributed by atoms with van der Waals surface area (Å²) in [5.41, 5.74) is 2.87. The standard InChI is InChI=1S/C24H19NO4/c1-16-6-4-10-20(12-16)28-15-23(26)25-19-9-5-8-17(13-19)21-14-18-7-2-3-11-22(18)29-24(21)27/h2-14H,15H2,1H3,(H,25,26). The van der Waals surface area contributed by atoms with Gasteiger partial charge in [0.15, 0.2) is 6.61 Å². The van der Waals surface area contributed by atoms with E-state index in [1.165, 1.54) is 0 Å². The lowest BCUT2D eigenvalue weighted by Crippen LogP contribution is -2.20. The van der Waals surface area contributed by atoms with Gasteiger partial charge in [-0.1, -0.05) is 42.5 Å². The highest BCUT2D eigenvalue weighted by molar-refractivity contribution is 5.92. The molecule has 5 nitrogen and oxygen atoms in total. The zero-order valence-electron chi connectivity index (χ0n) is 15.8. The van der Waals surface area contributed by atoms with Crippen LogP contribution in [-0.4, -0.2) is 12.5 Å². The number of carbonyl (C=O) groups excluding carboxylic acids is 1. The monoisotopic (exact) mass is 385 g/mol. The first kappa shape index (κ1) is 18.5. The maximum Gasteiger partial charge on any atom is 0.344 e. The molecule has 4 rings (SSSR count). The number of aryl methyl sites for hydroxylation is 1. The van der Waals surface area contributed by atoms with Gasteiger partial charge in [0.1, 0.15) is 11.3 Å². The zero-order chi connectivity index (χ0) is 20.2. The third-order valence-electron chi connectivity index (χ3n) is 4.46. The minimum atomic E-state index is -0.421. The van der Waals surface area contributed by atoms with Gasteiger partial charge >= 0.3 is 5.63 Å². The van der Waals surface area contributed by atoms with Crippen LogP contribution in [0.4, 0.5) is 5.69 Å².